The molecule has 0 radical (unpaired) electrons. The minimum Gasteiger partial charge on any atom is -0.410 e. The zero-order valence-electron chi connectivity index (χ0n) is 11.8. The van der Waals surface area contributed by atoms with Gasteiger partial charge in [-0.3, -0.25) is 0 Å². The van der Waals surface area contributed by atoms with Gasteiger partial charge in [-0.15, -0.1) is 0 Å². The Hall–Kier alpha value is -2.29. The molecular formula is C17H19NO2. The van der Waals surface area contributed by atoms with Crippen molar-refractivity contribution in [2.45, 2.75) is 26.3 Å². The number of hydrogen-bond donors (Lipinski definition) is 1. The van der Waals surface area contributed by atoms with Crippen LogP contribution in [0.5, 0.6) is 5.75 Å². The lowest BCUT2D eigenvalue weighted by molar-refractivity contribution is 0.197. The van der Waals surface area contributed by atoms with E-state index >= 15 is 0 Å². The monoisotopic (exact) mass is 269 g/mol. The summed E-state index contributed by atoms with van der Waals surface area (Å²) < 4.78 is 5.20. The van der Waals surface area contributed by atoms with Gasteiger partial charge >= 0.3 is 6.09 Å². The van der Waals surface area contributed by atoms with Gasteiger partial charge in [-0.1, -0.05) is 42.5 Å². The third-order valence-corrected chi connectivity index (χ3v) is 3.11. The van der Waals surface area contributed by atoms with Crippen LogP contribution in [-0.2, 0) is 6.42 Å². The number of hydrogen-bond acceptors (Lipinski definition) is 2. The fourth-order valence-corrected chi connectivity index (χ4v) is 2.05. The Labute approximate surface area is 119 Å². The van der Waals surface area contributed by atoms with Crippen LogP contribution in [0.25, 0.3) is 0 Å². The van der Waals surface area contributed by atoms with Gasteiger partial charge in [0.15, 0.2) is 0 Å². The molecule has 3 heteroatoms. The van der Waals surface area contributed by atoms with Gasteiger partial charge < -0.3 is 10.1 Å². The van der Waals surface area contributed by atoms with Crippen molar-refractivity contribution in [3.63, 3.8) is 0 Å². The third kappa shape index (κ3) is 4.12. The minimum absolute atomic E-state index is 0.0207. The largest absolute Gasteiger partial charge is 0.412 e. The summed E-state index contributed by atoms with van der Waals surface area (Å²) in [6.45, 7) is 4.04. The standard InChI is InChI=1S/C17H19NO2/c1-13-8-6-7-9-15(13)12-14(2)18-17(19)20-16-10-4-3-5-11-16/h3-11,14H,12H2,1-2H3,(H,18,19). The average molecular weight is 269 g/mol. The quantitative estimate of drug-likeness (QED) is 0.918. The summed E-state index contributed by atoms with van der Waals surface area (Å²) in [6, 6.07) is 17.3. The van der Waals surface area contributed by atoms with Gasteiger partial charge in [0.25, 0.3) is 0 Å². The SMILES string of the molecule is Cc1ccccc1CC(C)NC(=O)Oc1ccccc1. The number of nitrogens with one attached hydrogen (secondary N) is 1. The zero-order valence-corrected chi connectivity index (χ0v) is 11.8. The normalized spacial score (nSPS) is 11.7. The lowest BCUT2D eigenvalue weighted by Crippen LogP contribution is -2.36. The molecule has 0 saturated carbocycles. The molecule has 0 heterocycles. The Balaban J connectivity index is 1.87. The molecule has 0 aliphatic carbocycles. The average Bonchev–Trinajstić information content (AvgIpc) is 2.42. The maximum Gasteiger partial charge on any atom is 0.412 e. The van der Waals surface area contributed by atoms with Crippen molar-refractivity contribution in [3.8, 4) is 5.75 Å². The van der Waals surface area contributed by atoms with Crippen LogP contribution < -0.4 is 10.1 Å². The molecule has 2 rings (SSSR count). The Bertz CT molecular complexity index is 566. The van der Waals surface area contributed by atoms with Gasteiger partial charge in [-0.25, -0.2) is 4.79 Å². The van der Waals surface area contributed by atoms with E-state index < -0.39 is 6.09 Å². The molecule has 1 amide bonds. The number of aryl methyl sites for hydroxylation is 1. The second kappa shape index (κ2) is 6.75. The molecule has 0 fully saturated rings. The lowest BCUT2D eigenvalue weighted by atomic mass is 10.0. The van der Waals surface area contributed by atoms with E-state index in [0.717, 1.165) is 6.42 Å². The first-order chi connectivity index (χ1) is 9.65. The van der Waals surface area contributed by atoms with Crippen molar-refractivity contribution in [2.75, 3.05) is 0 Å². The van der Waals surface area contributed by atoms with Gasteiger partial charge in [-0.05, 0) is 43.5 Å². The summed E-state index contributed by atoms with van der Waals surface area (Å²) in [5.74, 6) is 0.549. The van der Waals surface area contributed by atoms with Gasteiger partial charge in [0, 0.05) is 6.04 Å². The van der Waals surface area contributed by atoms with Crippen LogP contribution >= 0.6 is 0 Å². The van der Waals surface area contributed by atoms with Crippen molar-refractivity contribution < 1.29 is 9.53 Å². The molecule has 0 saturated heterocycles. The van der Waals surface area contributed by atoms with E-state index in [1.807, 2.05) is 37.3 Å². The molecule has 104 valence electrons. The van der Waals surface area contributed by atoms with E-state index in [9.17, 15) is 4.79 Å². The highest BCUT2D eigenvalue weighted by Crippen LogP contribution is 2.11. The lowest BCUT2D eigenvalue weighted by Gasteiger charge is -2.15. The third-order valence-electron chi connectivity index (χ3n) is 3.11. The molecule has 1 unspecified atom stereocenters. The fourth-order valence-electron chi connectivity index (χ4n) is 2.05. The highest BCUT2D eigenvalue weighted by atomic mass is 16.6. The van der Waals surface area contributed by atoms with Crippen molar-refractivity contribution >= 4 is 6.09 Å². The molecule has 2 aromatic carbocycles. The number of carbonyl (C=O) groups excluding carboxylic acids is 1. The van der Waals surface area contributed by atoms with Gasteiger partial charge in [0.05, 0.1) is 0 Å². The van der Waals surface area contributed by atoms with Crippen LogP contribution in [0.4, 0.5) is 4.79 Å². The van der Waals surface area contributed by atoms with Crippen LogP contribution in [0.3, 0.4) is 0 Å². The number of benzene rings is 2. The number of amides is 1. The summed E-state index contributed by atoms with van der Waals surface area (Å²) in [7, 11) is 0. The molecule has 2 aromatic rings. The first kappa shape index (κ1) is 14.1. The Kier molecular flexibility index (Phi) is 4.77. The molecule has 0 aliphatic heterocycles. The molecule has 3 nitrogen and oxygen atoms in total. The number of para-hydroxylation sites is 1. The molecule has 20 heavy (non-hydrogen) atoms. The van der Waals surface area contributed by atoms with E-state index in [4.69, 9.17) is 4.74 Å². The van der Waals surface area contributed by atoms with Gasteiger partial charge in [0.2, 0.25) is 0 Å². The first-order valence-electron chi connectivity index (χ1n) is 6.73. The van der Waals surface area contributed by atoms with Crippen LogP contribution in [0.1, 0.15) is 18.1 Å². The second-order valence-corrected chi connectivity index (χ2v) is 4.88. The molecule has 1 atom stereocenters. The number of rotatable bonds is 4. The van der Waals surface area contributed by atoms with E-state index in [1.54, 1.807) is 12.1 Å². The van der Waals surface area contributed by atoms with E-state index in [1.165, 1.54) is 11.1 Å². The predicted octanol–water partition coefficient (Wildman–Crippen LogP) is 3.71. The highest BCUT2D eigenvalue weighted by molar-refractivity contribution is 5.70. The van der Waals surface area contributed by atoms with Crippen LogP contribution in [0.2, 0.25) is 0 Å². The van der Waals surface area contributed by atoms with E-state index in [0.29, 0.717) is 5.75 Å². The summed E-state index contributed by atoms with van der Waals surface area (Å²) in [4.78, 5) is 11.8. The Morgan fingerprint density at radius 1 is 1.10 bits per heavy atom. The maximum atomic E-state index is 11.8. The summed E-state index contributed by atoms with van der Waals surface area (Å²) in [6.07, 6.45) is 0.369. The molecule has 0 aromatic heterocycles. The molecule has 0 spiro atoms. The van der Waals surface area contributed by atoms with Crippen LogP contribution in [0.15, 0.2) is 54.6 Å². The first-order valence-corrected chi connectivity index (χ1v) is 6.73. The smallest absolute Gasteiger partial charge is 0.410 e. The van der Waals surface area contributed by atoms with E-state index in [-0.39, 0.29) is 6.04 Å². The zero-order chi connectivity index (χ0) is 14.4. The van der Waals surface area contributed by atoms with Crippen molar-refractivity contribution in [1.82, 2.24) is 5.32 Å². The van der Waals surface area contributed by atoms with Crippen molar-refractivity contribution in [3.05, 3.63) is 65.7 Å². The topological polar surface area (TPSA) is 38.3 Å². The summed E-state index contributed by atoms with van der Waals surface area (Å²) in [5.41, 5.74) is 2.47. The molecular weight excluding hydrogens is 250 g/mol. The van der Waals surface area contributed by atoms with Crippen LogP contribution in [-0.4, -0.2) is 12.1 Å². The predicted molar refractivity (Wildman–Crippen MR) is 79.9 cm³/mol. The van der Waals surface area contributed by atoms with Gasteiger partial charge in [-0.2, -0.15) is 0 Å². The van der Waals surface area contributed by atoms with Crippen molar-refractivity contribution in [2.24, 2.45) is 0 Å². The Morgan fingerprint density at radius 3 is 2.45 bits per heavy atom. The van der Waals surface area contributed by atoms with Gasteiger partial charge in [0.1, 0.15) is 5.75 Å². The van der Waals surface area contributed by atoms with Crippen LogP contribution in [0, 0.1) is 6.92 Å². The van der Waals surface area contributed by atoms with Crippen molar-refractivity contribution in [1.29, 1.82) is 0 Å². The Morgan fingerprint density at radius 2 is 1.75 bits per heavy atom. The molecule has 1 N–H and O–H groups in total. The molecule has 0 bridgehead atoms. The molecule has 0 aliphatic rings. The highest BCUT2D eigenvalue weighted by Gasteiger charge is 2.10. The summed E-state index contributed by atoms with van der Waals surface area (Å²) >= 11 is 0. The summed E-state index contributed by atoms with van der Waals surface area (Å²) in [5, 5.41) is 2.84. The minimum atomic E-state index is -0.419. The second-order valence-electron chi connectivity index (χ2n) is 4.88. The number of ether oxygens (including phenoxy) is 1. The maximum absolute atomic E-state index is 11.8. The van der Waals surface area contributed by atoms with E-state index in [2.05, 4.69) is 24.4 Å². The fraction of sp³-hybridized carbons (Fsp3) is 0.235. The number of carbonyl (C=O) groups is 1.